The van der Waals surface area contributed by atoms with Gasteiger partial charge in [-0.2, -0.15) is 14.6 Å². The molecular formula is C18H20N6O2. The lowest BCUT2D eigenvalue weighted by atomic mass is 10.2. The van der Waals surface area contributed by atoms with Gasteiger partial charge in [0.1, 0.15) is 18.2 Å². The van der Waals surface area contributed by atoms with Gasteiger partial charge < -0.3 is 15.4 Å². The molecule has 1 fully saturated rings. The number of nitrogens with zero attached hydrogens (tertiary/aromatic N) is 4. The summed E-state index contributed by atoms with van der Waals surface area (Å²) in [7, 11) is 0. The van der Waals surface area contributed by atoms with Gasteiger partial charge in [0.2, 0.25) is 0 Å². The molecule has 0 spiro atoms. The molecule has 3 heterocycles. The van der Waals surface area contributed by atoms with Crippen LogP contribution < -0.4 is 10.6 Å². The highest BCUT2D eigenvalue weighted by atomic mass is 16.5. The maximum atomic E-state index is 12.2. The topological polar surface area (TPSA) is 93.4 Å². The number of nitrogens with one attached hydrogen (secondary N) is 2. The molecule has 1 aliphatic heterocycles. The van der Waals surface area contributed by atoms with Crippen molar-refractivity contribution in [2.45, 2.75) is 32.4 Å². The van der Waals surface area contributed by atoms with E-state index in [1.165, 1.54) is 6.33 Å². The van der Waals surface area contributed by atoms with Gasteiger partial charge in [0, 0.05) is 30.6 Å². The van der Waals surface area contributed by atoms with Crippen molar-refractivity contribution < 1.29 is 9.53 Å². The second-order valence-electron chi connectivity index (χ2n) is 6.30. The van der Waals surface area contributed by atoms with E-state index >= 15 is 0 Å². The standard InChI is InChI=1S/C18H20N6O2/c1-12-8-16(24-18(22-12)20-11-21-24)19-10-13-4-2-5-14(9-13)23-17(25)15-6-3-7-26-15/h2,4-5,8-9,11,15,19H,3,6-7,10H2,1H3,(H,23,25). The Labute approximate surface area is 150 Å². The van der Waals surface area contributed by atoms with E-state index in [0.29, 0.717) is 18.9 Å². The number of amides is 1. The number of hydrogen-bond donors (Lipinski definition) is 2. The van der Waals surface area contributed by atoms with Gasteiger partial charge in [-0.05, 0) is 37.5 Å². The summed E-state index contributed by atoms with van der Waals surface area (Å²) in [6.45, 7) is 3.16. The Kier molecular flexibility index (Phi) is 4.49. The maximum Gasteiger partial charge on any atom is 0.254 e. The highest BCUT2D eigenvalue weighted by molar-refractivity contribution is 5.94. The molecule has 0 bridgehead atoms. The Morgan fingerprint density at radius 1 is 1.38 bits per heavy atom. The lowest BCUT2D eigenvalue weighted by molar-refractivity contribution is -0.124. The van der Waals surface area contributed by atoms with Crippen molar-refractivity contribution in [2.75, 3.05) is 17.2 Å². The monoisotopic (exact) mass is 352 g/mol. The zero-order valence-electron chi connectivity index (χ0n) is 14.5. The van der Waals surface area contributed by atoms with E-state index in [2.05, 4.69) is 25.7 Å². The summed E-state index contributed by atoms with van der Waals surface area (Å²) in [5.41, 5.74) is 2.67. The summed E-state index contributed by atoms with van der Waals surface area (Å²) < 4.78 is 7.08. The van der Waals surface area contributed by atoms with E-state index in [1.807, 2.05) is 37.3 Å². The molecule has 134 valence electrons. The highest BCUT2D eigenvalue weighted by Gasteiger charge is 2.23. The quantitative estimate of drug-likeness (QED) is 0.731. The van der Waals surface area contributed by atoms with Crippen LogP contribution in [0.25, 0.3) is 5.78 Å². The van der Waals surface area contributed by atoms with E-state index in [4.69, 9.17) is 4.74 Å². The van der Waals surface area contributed by atoms with Gasteiger partial charge in [-0.3, -0.25) is 4.79 Å². The molecule has 2 aromatic heterocycles. The van der Waals surface area contributed by atoms with Crippen molar-refractivity contribution in [3.63, 3.8) is 0 Å². The van der Waals surface area contributed by atoms with Gasteiger partial charge in [0.05, 0.1) is 0 Å². The average Bonchev–Trinajstić information content (AvgIpc) is 3.31. The summed E-state index contributed by atoms with van der Waals surface area (Å²) in [5, 5.41) is 10.5. The van der Waals surface area contributed by atoms with E-state index in [1.54, 1.807) is 4.52 Å². The Balaban J connectivity index is 1.45. The third kappa shape index (κ3) is 3.50. The minimum absolute atomic E-state index is 0.0818. The molecule has 4 rings (SSSR count). The van der Waals surface area contributed by atoms with E-state index < -0.39 is 0 Å². The Bertz CT molecular complexity index is 932. The first-order chi connectivity index (χ1) is 12.7. The van der Waals surface area contributed by atoms with Crippen LogP contribution in [0.3, 0.4) is 0 Å². The Morgan fingerprint density at radius 3 is 3.15 bits per heavy atom. The molecule has 26 heavy (non-hydrogen) atoms. The Hall–Kier alpha value is -3.00. The fourth-order valence-corrected chi connectivity index (χ4v) is 3.02. The highest BCUT2D eigenvalue weighted by Crippen LogP contribution is 2.17. The van der Waals surface area contributed by atoms with Gasteiger partial charge in [-0.25, -0.2) is 4.98 Å². The maximum absolute atomic E-state index is 12.2. The molecule has 0 radical (unpaired) electrons. The summed E-state index contributed by atoms with van der Waals surface area (Å²) in [4.78, 5) is 20.6. The molecule has 8 nitrogen and oxygen atoms in total. The van der Waals surface area contributed by atoms with E-state index in [9.17, 15) is 4.79 Å². The van der Waals surface area contributed by atoms with Crippen molar-refractivity contribution in [1.82, 2.24) is 19.6 Å². The number of aryl methyl sites for hydroxylation is 1. The number of aromatic nitrogens is 4. The lowest BCUT2D eigenvalue weighted by Crippen LogP contribution is -2.26. The largest absolute Gasteiger partial charge is 0.368 e. The van der Waals surface area contributed by atoms with Crippen LogP contribution in [0, 0.1) is 6.92 Å². The van der Waals surface area contributed by atoms with Crippen LogP contribution in [0.5, 0.6) is 0 Å². The summed E-state index contributed by atoms with van der Waals surface area (Å²) >= 11 is 0. The van der Waals surface area contributed by atoms with E-state index in [0.717, 1.165) is 35.6 Å². The smallest absolute Gasteiger partial charge is 0.254 e. The van der Waals surface area contributed by atoms with Gasteiger partial charge >= 0.3 is 0 Å². The first kappa shape index (κ1) is 16.5. The van der Waals surface area contributed by atoms with Gasteiger partial charge in [-0.1, -0.05) is 12.1 Å². The molecule has 1 atom stereocenters. The second kappa shape index (κ2) is 7.09. The number of anilines is 2. The summed E-state index contributed by atoms with van der Waals surface area (Å²) in [6.07, 6.45) is 2.86. The molecule has 1 aromatic carbocycles. The fraction of sp³-hybridized carbons (Fsp3) is 0.333. The number of benzene rings is 1. The number of carbonyl (C=O) groups is 1. The minimum Gasteiger partial charge on any atom is -0.368 e. The molecule has 3 aromatic rings. The third-order valence-corrected chi connectivity index (χ3v) is 4.27. The number of ether oxygens (including phenoxy) is 1. The van der Waals surface area contributed by atoms with Crippen LogP contribution in [0.15, 0.2) is 36.7 Å². The van der Waals surface area contributed by atoms with Gasteiger partial charge in [0.15, 0.2) is 0 Å². The van der Waals surface area contributed by atoms with Crippen LogP contribution in [0.2, 0.25) is 0 Å². The van der Waals surface area contributed by atoms with Crippen molar-refractivity contribution >= 4 is 23.2 Å². The molecule has 1 saturated heterocycles. The molecule has 0 aliphatic carbocycles. The molecule has 2 N–H and O–H groups in total. The van der Waals surface area contributed by atoms with Crippen molar-refractivity contribution in [3.05, 3.63) is 47.9 Å². The normalized spacial score (nSPS) is 16.7. The summed E-state index contributed by atoms with van der Waals surface area (Å²) in [6, 6.07) is 9.67. The first-order valence-electron chi connectivity index (χ1n) is 8.62. The van der Waals surface area contributed by atoms with Crippen LogP contribution in [-0.2, 0) is 16.1 Å². The molecule has 1 aliphatic rings. The zero-order chi connectivity index (χ0) is 17.9. The number of rotatable bonds is 5. The number of carbonyl (C=O) groups excluding carboxylic acids is 1. The fourth-order valence-electron chi connectivity index (χ4n) is 3.02. The van der Waals surface area contributed by atoms with E-state index in [-0.39, 0.29) is 12.0 Å². The molecule has 8 heteroatoms. The van der Waals surface area contributed by atoms with Crippen molar-refractivity contribution in [3.8, 4) is 0 Å². The van der Waals surface area contributed by atoms with Crippen molar-refractivity contribution in [1.29, 1.82) is 0 Å². The van der Waals surface area contributed by atoms with Gasteiger partial charge in [-0.15, -0.1) is 0 Å². The Morgan fingerprint density at radius 2 is 2.31 bits per heavy atom. The predicted octanol–water partition coefficient (Wildman–Crippen LogP) is 2.16. The zero-order valence-corrected chi connectivity index (χ0v) is 14.5. The van der Waals surface area contributed by atoms with Crippen LogP contribution in [0.1, 0.15) is 24.1 Å². The van der Waals surface area contributed by atoms with Gasteiger partial charge in [0.25, 0.3) is 11.7 Å². The van der Waals surface area contributed by atoms with Crippen LogP contribution in [-0.4, -0.2) is 38.2 Å². The molecule has 0 saturated carbocycles. The third-order valence-electron chi connectivity index (χ3n) is 4.27. The first-order valence-corrected chi connectivity index (χ1v) is 8.62. The summed E-state index contributed by atoms with van der Waals surface area (Å²) in [5.74, 6) is 1.30. The van der Waals surface area contributed by atoms with Crippen LogP contribution >= 0.6 is 0 Å². The molecule has 1 amide bonds. The minimum atomic E-state index is -0.336. The average molecular weight is 352 g/mol. The SMILES string of the molecule is Cc1cc(NCc2cccc(NC(=O)C3CCCO3)c2)n2ncnc2n1. The van der Waals surface area contributed by atoms with Crippen molar-refractivity contribution in [2.24, 2.45) is 0 Å². The molecule has 1 unspecified atom stereocenters. The lowest BCUT2D eigenvalue weighted by Gasteiger charge is -2.12. The second-order valence-corrected chi connectivity index (χ2v) is 6.30. The number of fused-ring (bicyclic) bond motifs is 1. The molecular weight excluding hydrogens is 332 g/mol. The number of hydrogen-bond acceptors (Lipinski definition) is 6. The van der Waals surface area contributed by atoms with Crippen LogP contribution in [0.4, 0.5) is 11.5 Å². The predicted molar refractivity (Wildman–Crippen MR) is 96.9 cm³/mol.